The monoisotopic (exact) mass is 412 g/mol. The van der Waals surface area contributed by atoms with Gasteiger partial charge in [-0.1, -0.05) is 11.2 Å². The van der Waals surface area contributed by atoms with Crippen molar-refractivity contribution in [2.24, 2.45) is 5.92 Å². The van der Waals surface area contributed by atoms with Crippen molar-refractivity contribution >= 4 is 22.9 Å². The molecule has 0 saturated carbocycles. The summed E-state index contributed by atoms with van der Waals surface area (Å²) in [5.41, 5.74) is 0.785. The van der Waals surface area contributed by atoms with Crippen LogP contribution in [0, 0.1) is 5.92 Å². The highest BCUT2D eigenvalue weighted by molar-refractivity contribution is 7.13. The molecule has 4 rings (SSSR count). The second-order valence-electron chi connectivity index (χ2n) is 7.01. The van der Waals surface area contributed by atoms with Crippen molar-refractivity contribution in [2.75, 3.05) is 25.0 Å². The van der Waals surface area contributed by atoms with Crippen LogP contribution in [0.5, 0.6) is 5.75 Å². The first kappa shape index (κ1) is 19.6. The molecule has 1 aromatic carbocycles. The summed E-state index contributed by atoms with van der Waals surface area (Å²) in [5, 5.41) is 9.07. The lowest BCUT2D eigenvalue weighted by Crippen LogP contribution is -2.40. The quantitative estimate of drug-likeness (QED) is 0.631. The molecule has 1 aliphatic rings. The Kier molecular flexibility index (Phi) is 6.21. The van der Waals surface area contributed by atoms with Crippen LogP contribution < -0.4 is 10.1 Å². The number of aromatic nitrogens is 2. The number of carbonyl (C=O) groups is 1. The van der Waals surface area contributed by atoms with E-state index in [1.807, 2.05) is 48.7 Å². The first-order valence-corrected chi connectivity index (χ1v) is 10.7. The summed E-state index contributed by atoms with van der Waals surface area (Å²) in [6, 6.07) is 11.4. The zero-order chi connectivity index (χ0) is 20.1. The Hall–Kier alpha value is -2.71. The SMILES string of the molecule is CCOc1ccc(NC(=O)C2CCCN(Cc3nc(-c4cccs4)no3)C2)cc1. The Morgan fingerprint density at radius 3 is 2.97 bits per heavy atom. The molecule has 7 nitrogen and oxygen atoms in total. The fourth-order valence-electron chi connectivity index (χ4n) is 3.47. The van der Waals surface area contributed by atoms with E-state index in [-0.39, 0.29) is 11.8 Å². The number of anilines is 1. The minimum atomic E-state index is -0.0602. The lowest BCUT2D eigenvalue weighted by Gasteiger charge is -2.30. The molecule has 0 bridgehead atoms. The van der Waals surface area contributed by atoms with Crippen LogP contribution in [-0.2, 0) is 11.3 Å². The van der Waals surface area contributed by atoms with Gasteiger partial charge in [0.05, 0.1) is 23.9 Å². The zero-order valence-electron chi connectivity index (χ0n) is 16.3. The fourth-order valence-corrected chi connectivity index (χ4v) is 4.12. The van der Waals surface area contributed by atoms with E-state index in [0.717, 1.165) is 35.7 Å². The molecule has 0 radical (unpaired) electrons. The van der Waals surface area contributed by atoms with E-state index in [1.165, 1.54) is 0 Å². The summed E-state index contributed by atoms with van der Waals surface area (Å²) < 4.78 is 10.8. The number of nitrogens with one attached hydrogen (secondary N) is 1. The molecule has 2 aromatic heterocycles. The first-order valence-electron chi connectivity index (χ1n) is 9.84. The number of benzene rings is 1. The maximum absolute atomic E-state index is 12.7. The van der Waals surface area contributed by atoms with Gasteiger partial charge in [0.25, 0.3) is 0 Å². The van der Waals surface area contributed by atoms with Gasteiger partial charge in [0, 0.05) is 12.2 Å². The lowest BCUT2D eigenvalue weighted by atomic mass is 9.97. The smallest absolute Gasteiger partial charge is 0.241 e. The highest BCUT2D eigenvalue weighted by atomic mass is 32.1. The van der Waals surface area contributed by atoms with Crippen molar-refractivity contribution in [1.82, 2.24) is 15.0 Å². The van der Waals surface area contributed by atoms with Crippen molar-refractivity contribution in [1.29, 1.82) is 0 Å². The summed E-state index contributed by atoms with van der Waals surface area (Å²) in [4.78, 5) is 20.4. The Bertz CT molecular complexity index is 924. The zero-order valence-corrected chi connectivity index (χ0v) is 17.2. The molecule has 152 valence electrons. The van der Waals surface area contributed by atoms with Crippen molar-refractivity contribution in [3.05, 3.63) is 47.7 Å². The summed E-state index contributed by atoms with van der Waals surface area (Å²) in [7, 11) is 0. The van der Waals surface area contributed by atoms with Gasteiger partial charge in [-0.3, -0.25) is 9.69 Å². The molecule has 3 heterocycles. The van der Waals surface area contributed by atoms with Crippen LogP contribution in [0.1, 0.15) is 25.7 Å². The third-order valence-corrected chi connectivity index (χ3v) is 5.74. The molecule has 1 saturated heterocycles. The Balaban J connectivity index is 1.32. The third-order valence-electron chi connectivity index (χ3n) is 4.88. The van der Waals surface area contributed by atoms with Crippen LogP contribution in [0.4, 0.5) is 5.69 Å². The lowest BCUT2D eigenvalue weighted by molar-refractivity contribution is -0.121. The summed E-state index contributed by atoms with van der Waals surface area (Å²) >= 11 is 1.58. The number of likely N-dealkylation sites (tertiary alicyclic amines) is 1. The van der Waals surface area contributed by atoms with Crippen LogP contribution in [0.25, 0.3) is 10.7 Å². The summed E-state index contributed by atoms with van der Waals surface area (Å²) in [6.45, 7) is 4.73. The van der Waals surface area contributed by atoms with Crippen molar-refractivity contribution in [3.8, 4) is 16.5 Å². The molecule has 1 amide bonds. The van der Waals surface area contributed by atoms with Crippen molar-refractivity contribution in [2.45, 2.75) is 26.3 Å². The number of piperidine rings is 1. The van der Waals surface area contributed by atoms with Crippen molar-refractivity contribution in [3.63, 3.8) is 0 Å². The predicted octanol–water partition coefficient (Wildman–Crippen LogP) is 4.05. The van der Waals surface area contributed by atoms with E-state index in [4.69, 9.17) is 9.26 Å². The Morgan fingerprint density at radius 1 is 1.34 bits per heavy atom. The second-order valence-corrected chi connectivity index (χ2v) is 7.96. The van der Waals surface area contributed by atoms with E-state index in [9.17, 15) is 4.79 Å². The van der Waals surface area contributed by atoms with Crippen molar-refractivity contribution < 1.29 is 14.1 Å². The predicted molar refractivity (Wildman–Crippen MR) is 112 cm³/mol. The summed E-state index contributed by atoms with van der Waals surface area (Å²) in [5.74, 6) is 1.99. The number of hydrogen-bond acceptors (Lipinski definition) is 7. The molecule has 1 fully saturated rings. The highest BCUT2D eigenvalue weighted by Crippen LogP contribution is 2.24. The van der Waals surface area contributed by atoms with Gasteiger partial charge in [0.2, 0.25) is 17.6 Å². The largest absolute Gasteiger partial charge is 0.494 e. The van der Waals surface area contributed by atoms with Gasteiger partial charge in [0.15, 0.2) is 0 Å². The van der Waals surface area contributed by atoms with Gasteiger partial charge in [-0.25, -0.2) is 0 Å². The Morgan fingerprint density at radius 2 is 2.21 bits per heavy atom. The number of ether oxygens (including phenoxy) is 1. The minimum absolute atomic E-state index is 0.0451. The van der Waals surface area contributed by atoms with Crippen LogP contribution >= 0.6 is 11.3 Å². The molecule has 0 aliphatic carbocycles. The molecule has 29 heavy (non-hydrogen) atoms. The molecule has 1 unspecified atom stereocenters. The van der Waals surface area contributed by atoms with Gasteiger partial charge in [-0.2, -0.15) is 4.98 Å². The van der Waals surface area contributed by atoms with Gasteiger partial charge < -0.3 is 14.6 Å². The topological polar surface area (TPSA) is 80.5 Å². The molecule has 1 atom stereocenters. The van der Waals surface area contributed by atoms with E-state index < -0.39 is 0 Å². The van der Waals surface area contributed by atoms with Gasteiger partial charge in [-0.15, -0.1) is 11.3 Å². The van der Waals surface area contributed by atoms with E-state index in [0.29, 0.717) is 31.4 Å². The first-order chi connectivity index (χ1) is 14.2. The molecule has 0 spiro atoms. The minimum Gasteiger partial charge on any atom is -0.494 e. The fraction of sp³-hybridized carbons (Fsp3) is 0.381. The normalized spacial score (nSPS) is 17.2. The number of nitrogens with zero attached hydrogens (tertiary/aromatic N) is 3. The van der Waals surface area contributed by atoms with Gasteiger partial charge in [0.1, 0.15) is 5.75 Å². The average Bonchev–Trinajstić information content (AvgIpc) is 3.42. The third kappa shape index (κ3) is 5.02. The van der Waals surface area contributed by atoms with Gasteiger partial charge >= 0.3 is 0 Å². The molecule has 8 heteroatoms. The molecular weight excluding hydrogens is 388 g/mol. The molecular formula is C21H24N4O3S. The second kappa shape index (κ2) is 9.19. The molecule has 1 aliphatic heterocycles. The molecule has 1 N–H and O–H groups in total. The van der Waals surface area contributed by atoms with Crippen LogP contribution in [0.2, 0.25) is 0 Å². The number of hydrogen-bond donors (Lipinski definition) is 1. The highest BCUT2D eigenvalue weighted by Gasteiger charge is 2.27. The van der Waals surface area contributed by atoms with E-state index in [2.05, 4.69) is 20.4 Å². The van der Waals surface area contributed by atoms with E-state index in [1.54, 1.807) is 11.3 Å². The maximum Gasteiger partial charge on any atom is 0.241 e. The average molecular weight is 413 g/mol. The van der Waals surface area contributed by atoms with E-state index >= 15 is 0 Å². The van der Waals surface area contributed by atoms with Crippen LogP contribution in [0.3, 0.4) is 0 Å². The molecule has 3 aromatic rings. The number of thiophene rings is 1. The Labute approximate surface area is 173 Å². The van der Waals surface area contributed by atoms with Crippen LogP contribution in [-0.4, -0.2) is 40.6 Å². The van der Waals surface area contributed by atoms with Crippen LogP contribution in [0.15, 0.2) is 46.3 Å². The number of rotatable bonds is 7. The standard InChI is InChI=1S/C21H24N4O3S/c1-2-27-17-9-7-16(8-10-17)22-21(26)15-5-3-11-25(13-15)14-19-23-20(24-28-19)18-6-4-12-29-18/h4,6-10,12,15H,2-3,5,11,13-14H2,1H3,(H,22,26). The summed E-state index contributed by atoms with van der Waals surface area (Å²) in [6.07, 6.45) is 1.84. The maximum atomic E-state index is 12.7. The number of amides is 1. The van der Waals surface area contributed by atoms with Gasteiger partial charge in [-0.05, 0) is 62.0 Å². The number of carbonyl (C=O) groups excluding carboxylic acids is 1.